The highest BCUT2D eigenvalue weighted by molar-refractivity contribution is 7.92. The number of carbonyl (C=O) groups excluding carboxylic acids is 1. The van der Waals surface area contributed by atoms with E-state index in [1.54, 1.807) is 48.5 Å². The Hall–Kier alpha value is -2.62. The van der Waals surface area contributed by atoms with Crippen LogP contribution in [0.5, 0.6) is 5.75 Å². The molecule has 34 heavy (non-hydrogen) atoms. The Bertz CT molecular complexity index is 1130. The van der Waals surface area contributed by atoms with Gasteiger partial charge in [-0.25, -0.2) is 8.42 Å². The number of anilines is 1. The van der Waals surface area contributed by atoms with Crippen LogP contribution >= 0.6 is 0 Å². The number of rotatable bonds is 6. The van der Waals surface area contributed by atoms with Crippen LogP contribution in [0.15, 0.2) is 53.4 Å². The van der Waals surface area contributed by atoms with Crippen molar-refractivity contribution < 1.29 is 27.8 Å². The highest BCUT2D eigenvalue weighted by atomic mass is 32.2. The van der Waals surface area contributed by atoms with Gasteiger partial charge in [0.25, 0.3) is 10.0 Å². The molecule has 0 aliphatic carbocycles. The third kappa shape index (κ3) is 4.64. The maximum Gasteiger partial charge on any atom is 0.261 e. The minimum atomic E-state index is -3.72. The van der Waals surface area contributed by atoms with Crippen molar-refractivity contribution in [2.24, 2.45) is 0 Å². The summed E-state index contributed by atoms with van der Waals surface area (Å²) >= 11 is 0. The molecule has 2 aromatic carbocycles. The van der Waals surface area contributed by atoms with Crippen molar-refractivity contribution in [3.05, 3.63) is 54.1 Å². The number of ether oxygens (including phenoxy) is 2. The first-order valence-electron chi connectivity index (χ1n) is 11.9. The van der Waals surface area contributed by atoms with E-state index in [4.69, 9.17) is 9.47 Å². The van der Waals surface area contributed by atoms with Crippen LogP contribution in [0.3, 0.4) is 0 Å². The number of amides is 1. The van der Waals surface area contributed by atoms with Crippen molar-refractivity contribution in [1.82, 2.24) is 4.90 Å². The highest BCUT2D eigenvalue weighted by Gasteiger charge is 2.46. The molecule has 0 spiro atoms. The third-order valence-electron chi connectivity index (χ3n) is 6.92. The number of fused-ring (bicyclic) bond motifs is 3. The van der Waals surface area contributed by atoms with Crippen LogP contribution < -0.4 is 9.46 Å². The summed E-state index contributed by atoms with van der Waals surface area (Å²) in [5.41, 5.74) is 1.32. The van der Waals surface area contributed by atoms with E-state index in [0.29, 0.717) is 17.9 Å². The fourth-order valence-corrected chi connectivity index (χ4v) is 6.30. The van der Waals surface area contributed by atoms with E-state index in [0.717, 1.165) is 37.9 Å². The van der Waals surface area contributed by atoms with Crippen LogP contribution in [0.1, 0.15) is 43.6 Å². The summed E-state index contributed by atoms with van der Waals surface area (Å²) in [7, 11) is -3.72. The molecule has 2 saturated heterocycles. The summed E-state index contributed by atoms with van der Waals surface area (Å²) in [6.07, 6.45) is 2.82. The SMILES string of the molecule is O=C(C[C@H]1C[C@@H]2c3cc(NS(=O)(=O)c4ccccc4)ccc3O[C@@H]2[C@H](CO)O1)N1CCCCC1. The van der Waals surface area contributed by atoms with Gasteiger partial charge in [0, 0.05) is 30.3 Å². The molecule has 0 saturated carbocycles. The Morgan fingerprint density at radius 2 is 1.85 bits per heavy atom. The second kappa shape index (κ2) is 9.56. The molecule has 1 amide bonds. The number of nitrogens with one attached hydrogen (secondary N) is 1. The summed E-state index contributed by atoms with van der Waals surface area (Å²) in [4.78, 5) is 14.9. The zero-order valence-corrected chi connectivity index (χ0v) is 19.7. The first-order chi connectivity index (χ1) is 16.4. The minimum absolute atomic E-state index is 0.0864. The first-order valence-corrected chi connectivity index (χ1v) is 13.4. The first kappa shape index (κ1) is 23.1. The zero-order valence-electron chi connectivity index (χ0n) is 18.9. The van der Waals surface area contributed by atoms with Crippen molar-refractivity contribution in [1.29, 1.82) is 0 Å². The Morgan fingerprint density at radius 1 is 1.09 bits per heavy atom. The Labute approximate surface area is 199 Å². The number of sulfonamides is 1. The molecule has 8 nitrogen and oxygen atoms in total. The summed E-state index contributed by atoms with van der Waals surface area (Å²) in [6.45, 7) is 1.37. The number of aliphatic hydroxyl groups excluding tert-OH is 1. The van der Waals surface area contributed by atoms with Gasteiger partial charge in [0.1, 0.15) is 18.0 Å². The number of hydrogen-bond donors (Lipinski definition) is 2. The summed E-state index contributed by atoms with van der Waals surface area (Å²) < 4.78 is 40.4. The van der Waals surface area contributed by atoms with E-state index >= 15 is 0 Å². The van der Waals surface area contributed by atoms with Crippen molar-refractivity contribution in [2.75, 3.05) is 24.4 Å². The normalized spacial score (nSPS) is 26.3. The molecule has 2 aromatic rings. The maximum absolute atomic E-state index is 12.8. The standard InChI is InChI=1S/C25H30N2O6S/c28-16-23-25-21(14-18(32-23)15-24(29)27-11-5-2-6-12-27)20-13-17(9-10-22(20)33-25)26-34(30,31)19-7-3-1-4-8-19/h1,3-4,7-10,13,18,21,23,25-26,28H,2,5-6,11-12,14-16H2/t18-,21-,23+,25+/m1/s1. The van der Waals surface area contributed by atoms with Gasteiger partial charge in [-0.1, -0.05) is 18.2 Å². The van der Waals surface area contributed by atoms with Gasteiger partial charge in [-0.05, 0) is 56.0 Å². The minimum Gasteiger partial charge on any atom is -0.487 e. The van der Waals surface area contributed by atoms with Gasteiger partial charge in [-0.3, -0.25) is 9.52 Å². The predicted octanol–water partition coefficient (Wildman–Crippen LogP) is 2.88. The van der Waals surface area contributed by atoms with Crippen LogP contribution in [-0.2, 0) is 19.6 Å². The summed E-state index contributed by atoms with van der Waals surface area (Å²) in [6, 6.07) is 13.4. The van der Waals surface area contributed by atoms with E-state index in [1.165, 1.54) is 0 Å². The number of piperidine rings is 1. The van der Waals surface area contributed by atoms with E-state index in [9.17, 15) is 18.3 Å². The predicted molar refractivity (Wildman–Crippen MR) is 126 cm³/mol. The van der Waals surface area contributed by atoms with Crippen LogP contribution in [-0.4, -0.2) is 62.3 Å². The maximum atomic E-state index is 12.8. The number of nitrogens with zero attached hydrogens (tertiary/aromatic N) is 1. The van der Waals surface area contributed by atoms with Crippen molar-refractivity contribution >= 4 is 21.6 Å². The number of aliphatic hydroxyl groups is 1. The quantitative estimate of drug-likeness (QED) is 0.651. The smallest absolute Gasteiger partial charge is 0.261 e. The molecule has 3 aliphatic rings. The molecule has 0 bridgehead atoms. The van der Waals surface area contributed by atoms with Gasteiger partial charge in [0.2, 0.25) is 5.91 Å². The molecule has 2 fully saturated rings. The molecule has 0 aromatic heterocycles. The lowest BCUT2D eigenvalue weighted by atomic mass is 9.84. The second-order valence-electron chi connectivity index (χ2n) is 9.22. The second-order valence-corrected chi connectivity index (χ2v) is 10.9. The van der Waals surface area contributed by atoms with Crippen molar-refractivity contribution in [3.8, 4) is 5.75 Å². The lowest BCUT2D eigenvalue weighted by molar-refractivity contribution is -0.149. The molecular weight excluding hydrogens is 456 g/mol. The lowest BCUT2D eigenvalue weighted by Crippen LogP contribution is -2.48. The van der Waals surface area contributed by atoms with Gasteiger partial charge < -0.3 is 19.5 Å². The van der Waals surface area contributed by atoms with Crippen LogP contribution in [0.25, 0.3) is 0 Å². The van der Waals surface area contributed by atoms with Crippen molar-refractivity contribution in [3.63, 3.8) is 0 Å². The fourth-order valence-electron chi connectivity index (χ4n) is 5.23. The number of carbonyl (C=O) groups is 1. The molecule has 4 atom stereocenters. The Morgan fingerprint density at radius 3 is 2.59 bits per heavy atom. The van der Waals surface area contributed by atoms with Gasteiger partial charge >= 0.3 is 0 Å². The Balaban J connectivity index is 1.34. The largest absolute Gasteiger partial charge is 0.487 e. The summed E-state index contributed by atoms with van der Waals surface area (Å²) in [5, 5.41) is 9.96. The number of benzene rings is 2. The van der Waals surface area contributed by atoms with E-state index < -0.39 is 16.1 Å². The average Bonchev–Trinajstić information content (AvgIpc) is 3.22. The van der Waals surface area contributed by atoms with E-state index in [2.05, 4.69) is 4.72 Å². The third-order valence-corrected chi connectivity index (χ3v) is 8.31. The van der Waals surface area contributed by atoms with E-state index in [1.807, 2.05) is 4.90 Å². The molecule has 5 rings (SSSR count). The van der Waals surface area contributed by atoms with Gasteiger partial charge in [-0.2, -0.15) is 0 Å². The topological polar surface area (TPSA) is 105 Å². The zero-order chi connectivity index (χ0) is 23.7. The van der Waals surface area contributed by atoms with Crippen LogP contribution in [0, 0.1) is 0 Å². The molecule has 2 N–H and O–H groups in total. The van der Waals surface area contributed by atoms with Crippen molar-refractivity contribution in [2.45, 2.75) is 61.2 Å². The molecule has 9 heteroatoms. The Kier molecular flexibility index (Phi) is 6.50. The fraction of sp³-hybridized carbons (Fsp3) is 0.480. The van der Waals surface area contributed by atoms with Gasteiger partial charge in [0.05, 0.1) is 24.0 Å². The summed E-state index contributed by atoms with van der Waals surface area (Å²) in [5.74, 6) is 0.646. The number of hydrogen-bond acceptors (Lipinski definition) is 6. The molecule has 3 aliphatic heterocycles. The van der Waals surface area contributed by atoms with Gasteiger partial charge in [-0.15, -0.1) is 0 Å². The number of likely N-dealkylation sites (tertiary alicyclic amines) is 1. The monoisotopic (exact) mass is 486 g/mol. The molecular formula is C25H30N2O6S. The van der Waals surface area contributed by atoms with E-state index in [-0.39, 0.29) is 42.0 Å². The average molecular weight is 487 g/mol. The highest BCUT2D eigenvalue weighted by Crippen LogP contribution is 2.47. The van der Waals surface area contributed by atoms with Gasteiger partial charge in [0.15, 0.2) is 0 Å². The molecule has 0 radical (unpaired) electrons. The lowest BCUT2D eigenvalue weighted by Gasteiger charge is -2.38. The van der Waals surface area contributed by atoms with Crippen LogP contribution in [0.2, 0.25) is 0 Å². The molecule has 0 unspecified atom stereocenters. The molecule has 182 valence electrons. The molecule has 3 heterocycles. The van der Waals surface area contributed by atoms with Crippen LogP contribution in [0.4, 0.5) is 5.69 Å².